The standard InChI is InChI=1S/C34H42N4O7/c1-5-26(6-2)25-44-32-24-29(10-11-30(32)38(40)41)45-28-13-17-37(18-14-28)34(39)15-16-35-19-21-36(22-20-35)27-9-12-31(42-7-3)33(23-27)43-8-4/h5-12,23-24,26,28H,1-4,13-22,25H2. The summed E-state index contributed by atoms with van der Waals surface area (Å²) in [6.45, 7) is 20.2. The average Bonchev–Trinajstić information content (AvgIpc) is 3.05. The number of nitro benzene ring substituents is 1. The molecule has 0 aromatic heterocycles. The topological polar surface area (TPSA) is 107 Å². The monoisotopic (exact) mass is 618 g/mol. The molecule has 240 valence electrons. The number of nitrogens with zero attached hydrogens (tertiary/aromatic N) is 4. The Morgan fingerprint density at radius 1 is 0.911 bits per heavy atom. The zero-order valence-corrected chi connectivity index (χ0v) is 25.7. The highest BCUT2D eigenvalue weighted by molar-refractivity contribution is 5.76. The van der Waals surface area contributed by atoms with Crippen LogP contribution in [0.4, 0.5) is 11.4 Å². The Morgan fingerprint density at radius 2 is 1.60 bits per heavy atom. The second kappa shape index (κ2) is 16.3. The number of nitro groups is 1. The number of piperidine rings is 1. The van der Waals surface area contributed by atoms with Crippen LogP contribution in [-0.2, 0) is 4.79 Å². The normalized spacial score (nSPS) is 15.7. The smallest absolute Gasteiger partial charge is 0.311 e. The molecular weight excluding hydrogens is 576 g/mol. The van der Waals surface area contributed by atoms with Crippen molar-refractivity contribution >= 4 is 17.3 Å². The molecule has 0 saturated carbocycles. The Morgan fingerprint density at radius 3 is 2.24 bits per heavy atom. The van der Waals surface area contributed by atoms with Gasteiger partial charge in [0, 0.05) is 94.9 Å². The number of likely N-dealkylation sites (tertiary alicyclic amines) is 1. The molecule has 2 aliphatic heterocycles. The third kappa shape index (κ3) is 9.12. The Labute approximate surface area is 264 Å². The summed E-state index contributed by atoms with van der Waals surface area (Å²) in [4.78, 5) is 30.5. The number of benzene rings is 2. The maximum atomic E-state index is 13.0. The van der Waals surface area contributed by atoms with E-state index in [1.54, 1.807) is 24.3 Å². The highest BCUT2D eigenvalue weighted by Gasteiger charge is 2.26. The van der Waals surface area contributed by atoms with Crippen molar-refractivity contribution in [2.75, 3.05) is 57.3 Å². The van der Waals surface area contributed by atoms with Crippen molar-refractivity contribution in [2.24, 2.45) is 5.92 Å². The molecule has 2 aliphatic rings. The molecule has 0 spiro atoms. The largest absolute Gasteiger partial charge is 0.490 e. The van der Waals surface area contributed by atoms with E-state index in [1.165, 1.54) is 18.6 Å². The van der Waals surface area contributed by atoms with Gasteiger partial charge in [-0.1, -0.05) is 25.3 Å². The number of piperazine rings is 1. The third-order valence-electron chi connectivity index (χ3n) is 7.99. The third-order valence-corrected chi connectivity index (χ3v) is 7.99. The molecule has 0 atom stereocenters. The van der Waals surface area contributed by atoms with Crippen LogP contribution in [0.5, 0.6) is 23.0 Å². The molecule has 0 aliphatic carbocycles. The molecule has 4 rings (SSSR count). The molecule has 0 radical (unpaired) electrons. The molecule has 2 saturated heterocycles. The van der Waals surface area contributed by atoms with Gasteiger partial charge in [-0.2, -0.15) is 0 Å². The summed E-state index contributed by atoms with van der Waals surface area (Å²) in [5.74, 6) is 1.81. The van der Waals surface area contributed by atoms with Gasteiger partial charge in [-0.05, 0) is 18.2 Å². The van der Waals surface area contributed by atoms with Crippen LogP contribution < -0.4 is 23.8 Å². The number of ether oxygens (including phenoxy) is 4. The summed E-state index contributed by atoms with van der Waals surface area (Å²) in [6, 6.07) is 10.3. The molecule has 11 nitrogen and oxygen atoms in total. The molecule has 2 aromatic carbocycles. The summed E-state index contributed by atoms with van der Waals surface area (Å²) in [6.07, 6.45) is 7.81. The van der Waals surface area contributed by atoms with Crippen molar-refractivity contribution < 1.29 is 28.7 Å². The van der Waals surface area contributed by atoms with E-state index in [0.29, 0.717) is 56.1 Å². The first-order chi connectivity index (χ1) is 21.8. The number of hydrogen-bond donors (Lipinski definition) is 0. The highest BCUT2D eigenvalue weighted by atomic mass is 16.6. The van der Waals surface area contributed by atoms with E-state index in [9.17, 15) is 14.9 Å². The first kappa shape index (κ1) is 33.1. The molecule has 11 heteroatoms. The number of amides is 1. The molecule has 2 fully saturated rings. The van der Waals surface area contributed by atoms with Gasteiger partial charge in [-0.25, -0.2) is 0 Å². The van der Waals surface area contributed by atoms with Crippen molar-refractivity contribution in [3.8, 4) is 23.0 Å². The Bertz CT molecular complexity index is 1360. The summed E-state index contributed by atoms with van der Waals surface area (Å²) in [5.41, 5.74) is 0.909. The second-order valence-corrected chi connectivity index (χ2v) is 10.8. The van der Waals surface area contributed by atoms with E-state index < -0.39 is 4.92 Å². The Hall–Kier alpha value is -4.77. The van der Waals surface area contributed by atoms with Crippen LogP contribution in [-0.4, -0.2) is 79.2 Å². The van der Waals surface area contributed by atoms with Gasteiger partial charge < -0.3 is 28.7 Å². The van der Waals surface area contributed by atoms with Crippen molar-refractivity contribution in [3.05, 3.63) is 97.5 Å². The second-order valence-electron chi connectivity index (χ2n) is 10.8. The molecule has 2 heterocycles. The zero-order valence-electron chi connectivity index (χ0n) is 25.7. The minimum absolute atomic E-state index is 0.0969. The predicted molar refractivity (Wildman–Crippen MR) is 174 cm³/mol. The van der Waals surface area contributed by atoms with Crippen LogP contribution in [0.15, 0.2) is 87.4 Å². The maximum absolute atomic E-state index is 13.0. The van der Waals surface area contributed by atoms with E-state index in [1.807, 2.05) is 23.1 Å². The lowest BCUT2D eigenvalue weighted by Crippen LogP contribution is -2.48. The first-order valence-corrected chi connectivity index (χ1v) is 15.1. The number of rotatable bonds is 16. The van der Waals surface area contributed by atoms with Crippen molar-refractivity contribution in [1.29, 1.82) is 0 Å². The van der Waals surface area contributed by atoms with Crippen molar-refractivity contribution in [2.45, 2.75) is 25.4 Å². The van der Waals surface area contributed by atoms with Gasteiger partial charge >= 0.3 is 5.69 Å². The fraction of sp³-hybridized carbons (Fsp3) is 0.382. The SMILES string of the molecule is C=COc1ccc(N2CCN(CCC(=O)N3CCC(Oc4ccc([N+](=O)[O-])c(OCC(C=C)C=C)c4)CC3)CC2)cc1OC=C. The van der Waals surface area contributed by atoms with Crippen LogP contribution in [0.25, 0.3) is 0 Å². The van der Waals surface area contributed by atoms with Gasteiger partial charge in [-0.3, -0.25) is 19.8 Å². The quantitative estimate of drug-likeness (QED) is 0.103. The lowest BCUT2D eigenvalue weighted by molar-refractivity contribution is -0.385. The van der Waals surface area contributed by atoms with Gasteiger partial charge in [0.1, 0.15) is 11.9 Å². The van der Waals surface area contributed by atoms with Crippen LogP contribution in [0, 0.1) is 16.0 Å². The van der Waals surface area contributed by atoms with Crippen LogP contribution in [0.1, 0.15) is 19.3 Å². The number of hydrogen-bond acceptors (Lipinski definition) is 9. The van der Waals surface area contributed by atoms with Gasteiger partial charge in [0.05, 0.1) is 24.1 Å². The van der Waals surface area contributed by atoms with Crippen molar-refractivity contribution in [3.63, 3.8) is 0 Å². The van der Waals surface area contributed by atoms with Gasteiger partial charge in [0.2, 0.25) is 11.7 Å². The van der Waals surface area contributed by atoms with E-state index in [-0.39, 0.29) is 36.0 Å². The lowest BCUT2D eigenvalue weighted by Gasteiger charge is -2.37. The predicted octanol–water partition coefficient (Wildman–Crippen LogP) is 5.59. The Kier molecular flexibility index (Phi) is 12.0. The molecular formula is C34H42N4O7. The fourth-order valence-electron chi connectivity index (χ4n) is 5.37. The summed E-state index contributed by atoms with van der Waals surface area (Å²) in [7, 11) is 0. The molecule has 0 bridgehead atoms. The van der Waals surface area contributed by atoms with Gasteiger partial charge in [0.25, 0.3) is 0 Å². The number of carbonyl (C=O) groups is 1. The van der Waals surface area contributed by atoms with E-state index in [2.05, 4.69) is 36.1 Å². The fourth-order valence-corrected chi connectivity index (χ4v) is 5.37. The molecule has 1 amide bonds. The zero-order chi connectivity index (χ0) is 32.2. The number of anilines is 1. The maximum Gasteiger partial charge on any atom is 0.311 e. The van der Waals surface area contributed by atoms with E-state index in [0.717, 1.165) is 31.9 Å². The molecule has 2 aromatic rings. The van der Waals surface area contributed by atoms with Crippen molar-refractivity contribution in [1.82, 2.24) is 9.80 Å². The lowest BCUT2D eigenvalue weighted by atomic mass is 10.1. The van der Waals surface area contributed by atoms with Gasteiger partial charge in [-0.15, -0.1) is 13.2 Å². The van der Waals surface area contributed by atoms with Crippen LogP contribution in [0.2, 0.25) is 0 Å². The first-order valence-electron chi connectivity index (χ1n) is 15.1. The Balaban J connectivity index is 1.21. The molecule has 0 unspecified atom stereocenters. The summed E-state index contributed by atoms with van der Waals surface area (Å²) in [5, 5.41) is 11.5. The number of carbonyl (C=O) groups excluding carboxylic acids is 1. The van der Waals surface area contributed by atoms with Gasteiger partial charge in [0.15, 0.2) is 11.5 Å². The van der Waals surface area contributed by atoms with Crippen LogP contribution >= 0.6 is 0 Å². The minimum atomic E-state index is -0.478. The highest BCUT2D eigenvalue weighted by Crippen LogP contribution is 2.34. The molecule has 45 heavy (non-hydrogen) atoms. The van der Waals surface area contributed by atoms with E-state index >= 15 is 0 Å². The summed E-state index contributed by atoms with van der Waals surface area (Å²) >= 11 is 0. The van der Waals surface area contributed by atoms with Crippen LogP contribution in [0.3, 0.4) is 0 Å². The van der Waals surface area contributed by atoms with E-state index in [4.69, 9.17) is 18.9 Å². The average molecular weight is 619 g/mol. The molecule has 0 N–H and O–H groups in total. The minimum Gasteiger partial charge on any atom is -0.490 e. The summed E-state index contributed by atoms with van der Waals surface area (Å²) < 4.78 is 22.8.